The van der Waals surface area contributed by atoms with Gasteiger partial charge in [-0.2, -0.15) is 0 Å². The average molecular weight is 645 g/mol. The fraction of sp³-hybridized carbons (Fsp3) is 0.286. The SMILES string of the molecule is CCCCCCc1cccc(C2(CCN(C)c3ccc(C=O)cc3)c3cc(Br)ccc3-c3ccc(Br)cc32)c1. The largest absolute Gasteiger partial charge is 0.375 e. The quantitative estimate of drug-likeness (QED) is 0.120. The molecule has 1 aliphatic carbocycles. The first kappa shape index (κ1) is 27.9. The Bertz CT molecular complexity index is 1410. The van der Waals surface area contributed by atoms with Crippen molar-refractivity contribution in [1.82, 2.24) is 0 Å². The van der Waals surface area contributed by atoms with E-state index in [0.717, 1.165) is 40.3 Å². The number of nitrogens with zero attached hydrogens (tertiary/aromatic N) is 1. The van der Waals surface area contributed by atoms with E-state index in [1.54, 1.807) is 0 Å². The third-order valence-electron chi connectivity index (χ3n) is 8.20. The Morgan fingerprint density at radius 2 is 1.46 bits per heavy atom. The predicted octanol–water partition coefficient (Wildman–Crippen LogP) is 9.99. The monoisotopic (exact) mass is 643 g/mol. The molecule has 0 aliphatic heterocycles. The molecule has 0 fully saturated rings. The van der Waals surface area contributed by atoms with Gasteiger partial charge < -0.3 is 4.90 Å². The number of benzene rings is 4. The summed E-state index contributed by atoms with van der Waals surface area (Å²) < 4.78 is 2.21. The van der Waals surface area contributed by atoms with Crippen LogP contribution in [0.1, 0.15) is 71.6 Å². The van der Waals surface area contributed by atoms with Gasteiger partial charge in [0.1, 0.15) is 6.29 Å². The van der Waals surface area contributed by atoms with Crippen molar-refractivity contribution in [3.63, 3.8) is 0 Å². The summed E-state index contributed by atoms with van der Waals surface area (Å²) in [5, 5.41) is 0. The lowest BCUT2D eigenvalue weighted by atomic mass is 9.69. The van der Waals surface area contributed by atoms with Crippen molar-refractivity contribution >= 4 is 43.8 Å². The number of carbonyl (C=O) groups excluding carboxylic acids is 1. The van der Waals surface area contributed by atoms with Crippen LogP contribution in [0.3, 0.4) is 0 Å². The molecule has 0 amide bonds. The average Bonchev–Trinajstić information content (AvgIpc) is 3.23. The molecule has 0 saturated carbocycles. The van der Waals surface area contributed by atoms with Crippen molar-refractivity contribution in [3.8, 4) is 11.1 Å². The second-order valence-electron chi connectivity index (χ2n) is 10.7. The van der Waals surface area contributed by atoms with Crippen LogP contribution in [0.25, 0.3) is 11.1 Å². The van der Waals surface area contributed by atoms with E-state index in [2.05, 4.69) is 111 Å². The molecule has 0 saturated heterocycles. The number of hydrogen-bond acceptors (Lipinski definition) is 2. The van der Waals surface area contributed by atoms with Gasteiger partial charge in [0.05, 0.1) is 0 Å². The smallest absolute Gasteiger partial charge is 0.150 e. The van der Waals surface area contributed by atoms with Crippen molar-refractivity contribution in [2.75, 3.05) is 18.5 Å². The molecule has 0 atom stereocenters. The van der Waals surface area contributed by atoms with Crippen molar-refractivity contribution in [1.29, 1.82) is 0 Å². The summed E-state index contributed by atoms with van der Waals surface area (Å²) in [6.07, 6.45) is 8.00. The Morgan fingerprint density at radius 3 is 2.08 bits per heavy atom. The van der Waals surface area contributed by atoms with Crippen molar-refractivity contribution in [3.05, 3.63) is 122 Å². The maximum atomic E-state index is 11.2. The van der Waals surface area contributed by atoms with Crippen LogP contribution in [0, 0.1) is 0 Å². The zero-order valence-electron chi connectivity index (χ0n) is 22.7. The van der Waals surface area contributed by atoms with E-state index >= 15 is 0 Å². The zero-order valence-corrected chi connectivity index (χ0v) is 25.9. The standard InChI is InChI=1S/C35H35Br2NO/c1-3-4-5-6-8-25-9-7-10-27(21-25)35(19-20-38(2)30-15-11-26(24-39)12-16-30)33-22-28(36)13-17-31(33)32-18-14-29(37)23-34(32)35/h7,9-18,21-24H,3-6,8,19-20H2,1-2H3. The van der Waals surface area contributed by atoms with Gasteiger partial charge in [0.15, 0.2) is 0 Å². The van der Waals surface area contributed by atoms with Gasteiger partial charge in [-0.1, -0.05) is 94.4 Å². The summed E-state index contributed by atoms with van der Waals surface area (Å²) in [7, 11) is 2.15. The van der Waals surface area contributed by atoms with Crippen molar-refractivity contribution in [2.45, 2.75) is 50.9 Å². The van der Waals surface area contributed by atoms with E-state index in [4.69, 9.17) is 0 Å². The number of rotatable bonds is 11. The van der Waals surface area contributed by atoms with Gasteiger partial charge in [0.25, 0.3) is 0 Å². The Labute approximate surface area is 249 Å². The van der Waals surface area contributed by atoms with Gasteiger partial charge in [0, 0.05) is 39.2 Å². The predicted molar refractivity (Wildman–Crippen MR) is 171 cm³/mol. The fourth-order valence-electron chi connectivity index (χ4n) is 6.10. The topological polar surface area (TPSA) is 20.3 Å². The van der Waals surface area contributed by atoms with E-state index < -0.39 is 0 Å². The number of unbranched alkanes of at least 4 members (excludes halogenated alkanes) is 3. The molecule has 2 nitrogen and oxygen atoms in total. The highest BCUT2D eigenvalue weighted by atomic mass is 79.9. The van der Waals surface area contributed by atoms with Crippen LogP contribution in [0.2, 0.25) is 0 Å². The van der Waals surface area contributed by atoms with Crippen molar-refractivity contribution < 1.29 is 4.79 Å². The second-order valence-corrected chi connectivity index (χ2v) is 12.5. The first-order chi connectivity index (χ1) is 19.0. The third kappa shape index (κ3) is 5.64. The number of anilines is 1. The van der Waals surface area contributed by atoms with Gasteiger partial charge in [-0.15, -0.1) is 0 Å². The number of carbonyl (C=O) groups is 1. The maximum absolute atomic E-state index is 11.2. The molecule has 0 aromatic heterocycles. The maximum Gasteiger partial charge on any atom is 0.150 e. The molecule has 0 heterocycles. The van der Waals surface area contributed by atoms with Gasteiger partial charge in [-0.05, 0) is 101 Å². The van der Waals surface area contributed by atoms with Gasteiger partial charge >= 0.3 is 0 Å². The molecule has 0 spiro atoms. The molecular weight excluding hydrogens is 610 g/mol. The first-order valence-corrected chi connectivity index (χ1v) is 15.5. The summed E-state index contributed by atoms with van der Waals surface area (Å²) in [6.45, 7) is 3.13. The summed E-state index contributed by atoms with van der Waals surface area (Å²) in [5.41, 5.74) is 9.65. The Balaban J connectivity index is 1.60. The molecular formula is C35H35Br2NO. The van der Waals surface area contributed by atoms with Crippen LogP contribution >= 0.6 is 31.9 Å². The lowest BCUT2D eigenvalue weighted by Gasteiger charge is -2.35. The minimum absolute atomic E-state index is 0.283. The zero-order chi connectivity index (χ0) is 27.4. The molecule has 0 bridgehead atoms. The summed E-state index contributed by atoms with van der Waals surface area (Å²) in [5.74, 6) is 0. The van der Waals surface area contributed by atoms with Crippen LogP contribution in [-0.4, -0.2) is 19.9 Å². The molecule has 0 N–H and O–H groups in total. The fourth-order valence-corrected chi connectivity index (χ4v) is 6.82. The van der Waals surface area contributed by atoms with Gasteiger partial charge in [0.2, 0.25) is 0 Å². The van der Waals surface area contributed by atoms with Gasteiger partial charge in [-0.25, -0.2) is 0 Å². The molecule has 5 rings (SSSR count). The molecule has 4 aromatic carbocycles. The second kappa shape index (κ2) is 12.2. The highest BCUT2D eigenvalue weighted by molar-refractivity contribution is 9.10. The molecule has 1 aliphatic rings. The Hall–Kier alpha value is -2.69. The lowest BCUT2D eigenvalue weighted by molar-refractivity contribution is 0.112. The summed E-state index contributed by atoms with van der Waals surface area (Å²) in [6, 6.07) is 30.7. The Morgan fingerprint density at radius 1 is 0.795 bits per heavy atom. The number of aryl methyl sites for hydroxylation is 1. The van der Waals surface area contributed by atoms with Crippen LogP contribution in [0.4, 0.5) is 5.69 Å². The molecule has 200 valence electrons. The minimum Gasteiger partial charge on any atom is -0.375 e. The minimum atomic E-state index is -0.283. The summed E-state index contributed by atoms with van der Waals surface area (Å²) in [4.78, 5) is 13.5. The van der Waals surface area contributed by atoms with E-state index in [1.807, 2.05) is 24.3 Å². The highest BCUT2D eigenvalue weighted by Crippen LogP contribution is 2.55. The van der Waals surface area contributed by atoms with E-state index in [0.29, 0.717) is 5.56 Å². The number of fused-ring (bicyclic) bond motifs is 3. The summed E-state index contributed by atoms with van der Waals surface area (Å²) >= 11 is 7.59. The molecule has 0 unspecified atom stereocenters. The van der Waals surface area contributed by atoms with E-state index in [1.165, 1.54) is 59.1 Å². The van der Waals surface area contributed by atoms with Crippen LogP contribution in [0.15, 0.2) is 93.9 Å². The number of hydrogen-bond donors (Lipinski definition) is 0. The highest BCUT2D eigenvalue weighted by Gasteiger charge is 2.44. The number of halogens is 2. The Kier molecular flexibility index (Phi) is 8.73. The van der Waals surface area contributed by atoms with Crippen molar-refractivity contribution in [2.24, 2.45) is 0 Å². The van der Waals surface area contributed by atoms with Crippen LogP contribution < -0.4 is 4.90 Å². The normalized spacial score (nSPS) is 13.1. The third-order valence-corrected chi connectivity index (χ3v) is 9.19. The van der Waals surface area contributed by atoms with Gasteiger partial charge in [-0.3, -0.25) is 4.79 Å². The first-order valence-electron chi connectivity index (χ1n) is 13.9. The molecule has 4 aromatic rings. The molecule has 4 heteroatoms. The van der Waals surface area contributed by atoms with Crippen LogP contribution in [-0.2, 0) is 11.8 Å². The lowest BCUT2D eigenvalue weighted by Crippen LogP contribution is -2.33. The van der Waals surface area contributed by atoms with E-state index in [-0.39, 0.29) is 5.41 Å². The van der Waals surface area contributed by atoms with Crippen LogP contribution in [0.5, 0.6) is 0 Å². The molecule has 39 heavy (non-hydrogen) atoms. The number of aldehydes is 1. The van der Waals surface area contributed by atoms with E-state index in [9.17, 15) is 4.79 Å². The molecule has 0 radical (unpaired) electrons.